The first-order chi connectivity index (χ1) is 12.0. The van der Waals surface area contributed by atoms with Gasteiger partial charge in [0, 0.05) is 32.2 Å². The van der Waals surface area contributed by atoms with Crippen LogP contribution in [0.25, 0.3) is 0 Å². The molecule has 0 bridgehead atoms. The number of rotatable bonds is 7. The molecule has 1 aliphatic heterocycles. The Kier molecular flexibility index (Phi) is 10.4. The molecule has 0 radical (unpaired) electrons. The Morgan fingerprint density at radius 1 is 1.50 bits per heavy atom. The van der Waals surface area contributed by atoms with Crippen molar-refractivity contribution in [3.8, 4) is 0 Å². The summed E-state index contributed by atoms with van der Waals surface area (Å²) < 4.78 is 25.0. The summed E-state index contributed by atoms with van der Waals surface area (Å²) in [6, 6.07) is 4.70. The lowest BCUT2D eigenvalue weighted by Crippen LogP contribution is -2.38. The number of benzene rings is 1. The predicted octanol–water partition coefficient (Wildman–Crippen LogP) is 2.97. The van der Waals surface area contributed by atoms with Crippen molar-refractivity contribution in [3.63, 3.8) is 0 Å². The Morgan fingerprint density at radius 2 is 2.27 bits per heavy atom. The maximum atomic E-state index is 13.8. The number of ether oxygens (including phenoxy) is 2. The van der Waals surface area contributed by atoms with Crippen molar-refractivity contribution >= 4 is 29.9 Å². The van der Waals surface area contributed by atoms with E-state index in [2.05, 4.69) is 10.6 Å². The van der Waals surface area contributed by atoms with Crippen molar-refractivity contribution in [2.24, 2.45) is 11.8 Å². The van der Waals surface area contributed by atoms with Crippen LogP contribution in [0.3, 0.4) is 0 Å². The van der Waals surface area contributed by atoms with Gasteiger partial charge in [-0.25, -0.2) is 4.39 Å². The summed E-state index contributed by atoms with van der Waals surface area (Å²) in [6.07, 6.45) is -0.307. The standard InChI is InChI=1S/C18H26ClFN2O3.ClH/c1-12(2)10-24-11-17(23)22-9-14-8-21-5-6-25-18(14)13-3-4-15(19)16(20)7-13;/h3-4,7,12,14,18,21H,5-6,8-11H2,1-2H3,(H,22,23);1H/t14-,18-;/m0./s1. The Labute approximate surface area is 165 Å². The van der Waals surface area contributed by atoms with Crippen molar-refractivity contribution < 1.29 is 18.7 Å². The third kappa shape index (κ3) is 7.37. The fraction of sp³-hybridized carbons (Fsp3) is 0.611. The van der Waals surface area contributed by atoms with E-state index in [1.807, 2.05) is 13.8 Å². The van der Waals surface area contributed by atoms with Gasteiger partial charge in [0.15, 0.2) is 0 Å². The van der Waals surface area contributed by atoms with Crippen molar-refractivity contribution in [2.45, 2.75) is 20.0 Å². The highest BCUT2D eigenvalue weighted by atomic mass is 35.5. The quantitative estimate of drug-likeness (QED) is 0.727. The highest BCUT2D eigenvalue weighted by Gasteiger charge is 2.27. The minimum Gasteiger partial charge on any atom is -0.372 e. The van der Waals surface area contributed by atoms with Crippen LogP contribution >= 0.6 is 24.0 Å². The van der Waals surface area contributed by atoms with Crippen LogP contribution in [0.1, 0.15) is 25.5 Å². The second kappa shape index (κ2) is 11.7. The molecule has 1 fully saturated rings. The molecule has 0 aliphatic carbocycles. The lowest BCUT2D eigenvalue weighted by atomic mass is 9.95. The molecule has 1 aromatic carbocycles. The molecular weight excluding hydrogens is 382 g/mol. The first-order valence-corrected chi connectivity index (χ1v) is 8.97. The minimum atomic E-state index is -0.468. The molecule has 1 aliphatic rings. The molecule has 0 saturated carbocycles. The number of carbonyl (C=O) groups excluding carboxylic acids is 1. The van der Waals surface area contributed by atoms with Crippen molar-refractivity contribution in [2.75, 3.05) is 39.5 Å². The maximum Gasteiger partial charge on any atom is 0.246 e. The third-order valence-corrected chi connectivity index (χ3v) is 4.24. The Bertz CT molecular complexity index is 575. The molecule has 2 atom stereocenters. The van der Waals surface area contributed by atoms with E-state index in [1.165, 1.54) is 12.1 Å². The number of amides is 1. The van der Waals surface area contributed by atoms with Crippen molar-refractivity contribution in [1.29, 1.82) is 0 Å². The Hall–Kier alpha value is -0.920. The summed E-state index contributed by atoms with van der Waals surface area (Å²) in [5.74, 6) is -0.260. The van der Waals surface area contributed by atoms with Crippen LogP contribution in [-0.2, 0) is 14.3 Å². The molecule has 0 spiro atoms. The van der Waals surface area contributed by atoms with Gasteiger partial charge in [0.05, 0.1) is 17.7 Å². The molecule has 2 N–H and O–H groups in total. The van der Waals surface area contributed by atoms with Gasteiger partial charge >= 0.3 is 0 Å². The summed E-state index contributed by atoms with van der Waals surface area (Å²) >= 11 is 5.76. The summed E-state index contributed by atoms with van der Waals surface area (Å²) in [6.45, 7) is 6.98. The zero-order valence-electron chi connectivity index (χ0n) is 15.1. The zero-order valence-corrected chi connectivity index (χ0v) is 16.7. The SMILES string of the molecule is CC(C)COCC(=O)NC[C@@H]1CNCCO[C@H]1c1ccc(Cl)c(F)c1.Cl. The highest BCUT2D eigenvalue weighted by molar-refractivity contribution is 6.30. The fourth-order valence-electron chi connectivity index (χ4n) is 2.71. The summed E-state index contributed by atoms with van der Waals surface area (Å²) in [7, 11) is 0. The smallest absolute Gasteiger partial charge is 0.246 e. The van der Waals surface area contributed by atoms with Gasteiger partial charge in [-0.15, -0.1) is 12.4 Å². The van der Waals surface area contributed by atoms with Crippen molar-refractivity contribution in [1.82, 2.24) is 10.6 Å². The molecule has 1 aromatic rings. The summed E-state index contributed by atoms with van der Waals surface area (Å²) in [4.78, 5) is 11.9. The summed E-state index contributed by atoms with van der Waals surface area (Å²) in [5.41, 5.74) is 0.723. The molecule has 8 heteroatoms. The van der Waals surface area contributed by atoms with E-state index in [1.54, 1.807) is 6.07 Å². The van der Waals surface area contributed by atoms with E-state index in [-0.39, 0.29) is 42.0 Å². The fourth-order valence-corrected chi connectivity index (χ4v) is 2.83. The number of nitrogens with one attached hydrogen (secondary N) is 2. The lowest BCUT2D eigenvalue weighted by Gasteiger charge is -2.25. The Morgan fingerprint density at radius 3 is 2.96 bits per heavy atom. The molecule has 1 saturated heterocycles. The average Bonchev–Trinajstić information content (AvgIpc) is 2.80. The van der Waals surface area contributed by atoms with Gasteiger partial charge in [-0.05, 0) is 23.6 Å². The van der Waals surface area contributed by atoms with E-state index in [0.717, 1.165) is 5.56 Å². The third-order valence-electron chi connectivity index (χ3n) is 3.93. The van der Waals surface area contributed by atoms with E-state index < -0.39 is 5.82 Å². The Balaban J connectivity index is 0.00000338. The van der Waals surface area contributed by atoms with Crippen LogP contribution < -0.4 is 10.6 Å². The molecule has 148 valence electrons. The van der Waals surface area contributed by atoms with Gasteiger partial charge in [0.1, 0.15) is 12.4 Å². The van der Waals surface area contributed by atoms with Crippen LogP contribution in [-0.4, -0.2) is 45.4 Å². The largest absolute Gasteiger partial charge is 0.372 e. The van der Waals surface area contributed by atoms with Gasteiger partial charge in [0.25, 0.3) is 0 Å². The maximum absolute atomic E-state index is 13.8. The normalized spacial score (nSPS) is 20.3. The molecule has 5 nitrogen and oxygen atoms in total. The first-order valence-electron chi connectivity index (χ1n) is 8.59. The second-order valence-electron chi connectivity index (χ2n) is 6.64. The zero-order chi connectivity index (χ0) is 18.2. The van der Waals surface area contributed by atoms with Gasteiger partial charge in [0.2, 0.25) is 5.91 Å². The second-order valence-corrected chi connectivity index (χ2v) is 7.05. The van der Waals surface area contributed by atoms with Gasteiger partial charge in [-0.2, -0.15) is 0 Å². The summed E-state index contributed by atoms with van der Waals surface area (Å²) in [5, 5.41) is 6.24. The van der Waals surface area contributed by atoms with Crippen LogP contribution in [0.5, 0.6) is 0 Å². The first kappa shape index (κ1) is 23.1. The number of halogens is 3. The predicted molar refractivity (Wildman–Crippen MR) is 102 cm³/mol. The highest BCUT2D eigenvalue weighted by Crippen LogP contribution is 2.29. The number of carbonyl (C=O) groups is 1. The number of hydrogen-bond acceptors (Lipinski definition) is 4. The number of hydrogen-bond donors (Lipinski definition) is 2. The van der Waals surface area contributed by atoms with Crippen LogP contribution in [0.4, 0.5) is 4.39 Å². The minimum absolute atomic E-state index is 0. The van der Waals surface area contributed by atoms with E-state index in [9.17, 15) is 9.18 Å². The van der Waals surface area contributed by atoms with Crippen LogP contribution in [0.2, 0.25) is 5.02 Å². The molecule has 0 aromatic heterocycles. The molecule has 1 heterocycles. The van der Waals surface area contributed by atoms with Gasteiger partial charge in [-0.1, -0.05) is 31.5 Å². The molecule has 0 unspecified atom stereocenters. The van der Waals surface area contributed by atoms with Crippen LogP contribution in [0.15, 0.2) is 18.2 Å². The molecular formula is C18H27Cl2FN2O3. The molecule has 2 rings (SSSR count). The molecule has 26 heavy (non-hydrogen) atoms. The topological polar surface area (TPSA) is 59.6 Å². The van der Waals surface area contributed by atoms with Gasteiger partial charge < -0.3 is 20.1 Å². The van der Waals surface area contributed by atoms with Gasteiger partial charge in [-0.3, -0.25) is 4.79 Å². The lowest BCUT2D eigenvalue weighted by molar-refractivity contribution is -0.126. The van der Waals surface area contributed by atoms with E-state index in [4.69, 9.17) is 21.1 Å². The van der Waals surface area contributed by atoms with Crippen LogP contribution in [0, 0.1) is 17.7 Å². The van der Waals surface area contributed by atoms with Crippen molar-refractivity contribution in [3.05, 3.63) is 34.6 Å². The monoisotopic (exact) mass is 408 g/mol. The average molecular weight is 409 g/mol. The molecule has 1 amide bonds. The van der Waals surface area contributed by atoms with E-state index >= 15 is 0 Å². The van der Waals surface area contributed by atoms with E-state index in [0.29, 0.717) is 38.8 Å².